The molecule has 4 rings (SSSR count). The lowest BCUT2D eigenvalue weighted by atomic mass is 10.1. The normalized spacial score (nSPS) is 10.7. The van der Waals surface area contributed by atoms with Crippen molar-refractivity contribution >= 4 is 57.7 Å². The zero-order valence-electron chi connectivity index (χ0n) is 20.3. The van der Waals surface area contributed by atoms with E-state index in [1.54, 1.807) is 30.6 Å². The molecule has 1 aromatic heterocycles. The van der Waals surface area contributed by atoms with Crippen molar-refractivity contribution in [2.24, 2.45) is 0 Å². The maximum absolute atomic E-state index is 6.30. The van der Waals surface area contributed by atoms with E-state index in [2.05, 4.69) is 0 Å². The molecule has 3 aromatic carbocycles. The highest BCUT2D eigenvalue weighted by Crippen LogP contribution is 2.37. The van der Waals surface area contributed by atoms with Gasteiger partial charge in [0, 0.05) is 35.1 Å². The molecule has 0 saturated carbocycles. The van der Waals surface area contributed by atoms with Crippen LogP contribution in [0.2, 0.25) is 10.0 Å². The van der Waals surface area contributed by atoms with Crippen LogP contribution in [0, 0.1) is 0 Å². The molecule has 10 heteroatoms. The summed E-state index contributed by atoms with van der Waals surface area (Å²) in [6.45, 7) is 1.05. The summed E-state index contributed by atoms with van der Waals surface area (Å²) < 4.78 is 22.5. The largest absolute Gasteiger partial charge is 0.497 e. The number of hydrogen-bond donors (Lipinski definition) is 0. The van der Waals surface area contributed by atoms with Gasteiger partial charge in [-0.1, -0.05) is 46.4 Å². The van der Waals surface area contributed by atoms with Crippen LogP contribution in [0.3, 0.4) is 0 Å². The monoisotopic (exact) mass is 609 g/mol. The third-order valence-corrected chi connectivity index (χ3v) is 7.02. The zero-order chi connectivity index (χ0) is 26.9. The molecule has 0 saturated heterocycles. The second-order valence-corrected chi connectivity index (χ2v) is 10.5. The molecule has 5 nitrogen and oxygen atoms in total. The molecule has 0 bridgehead atoms. The summed E-state index contributed by atoms with van der Waals surface area (Å²) in [4.78, 5) is 4.77. The van der Waals surface area contributed by atoms with Gasteiger partial charge in [0.05, 0.1) is 36.1 Å². The Labute approximate surface area is 245 Å². The molecule has 0 atom stereocenters. The zero-order valence-corrected chi connectivity index (χ0v) is 24.1. The van der Waals surface area contributed by atoms with E-state index in [1.165, 1.54) is 6.08 Å². The fourth-order valence-corrected chi connectivity index (χ4v) is 4.91. The van der Waals surface area contributed by atoms with E-state index in [-0.39, 0.29) is 11.1 Å². The van der Waals surface area contributed by atoms with E-state index in [0.717, 1.165) is 33.3 Å². The van der Waals surface area contributed by atoms with Crippen molar-refractivity contribution in [3.8, 4) is 44.8 Å². The minimum absolute atomic E-state index is 0.124. The number of ether oxygens (including phenoxy) is 4. The van der Waals surface area contributed by atoms with Crippen molar-refractivity contribution in [3.05, 3.63) is 86.7 Å². The van der Waals surface area contributed by atoms with Crippen LogP contribution < -0.4 is 18.9 Å². The number of halogens is 4. The lowest BCUT2D eigenvalue weighted by molar-refractivity contribution is 0.247. The second-order valence-electron chi connectivity index (χ2n) is 7.86. The fourth-order valence-electron chi connectivity index (χ4n) is 3.38. The Morgan fingerprint density at radius 1 is 0.816 bits per heavy atom. The molecule has 198 valence electrons. The van der Waals surface area contributed by atoms with E-state index >= 15 is 0 Å². The molecule has 0 unspecified atom stereocenters. The SMILES string of the molecule is COc1ccc(-c2nc(-c3ccc(OCCCOc4c(Cl)cc(OCC=C(Cl)Cl)cc4Cl)cc3)cs2)cc1. The molecule has 0 amide bonds. The molecule has 4 aromatic rings. The molecular weight excluding hydrogens is 588 g/mol. The van der Waals surface area contributed by atoms with Crippen molar-refractivity contribution in [2.45, 2.75) is 6.42 Å². The molecule has 0 aliphatic heterocycles. The van der Waals surface area contributed by atoms with Gasteiger partial charge in [0.1, 0.15) is 33.4 Å². The summed E-state index contributed by atoms with van der Waals surface area (Å²) in [5, 5.41) is 3.71. The minimum Gasteiger partial charge on any atom is -0.497 e. The standard InChI is InChI=1S/C28H23Cl4NO4S/c1-34-20-7-5-19(6-8-20)28-33-25(17-38-28)18-3-9-21(10-4-18)35-12-2-13-37-27-23(29)15-22(16-24(27)30)36-14-11-26(31)32/h3-11,15-17H,2,12-14H2,1H3. The van der Waals surface area contributed by atoms with Crippen LogP contribution in [0.5, 0.6) is 23.0 Å². The Kier molecular flexibility index (Phi) is 10.4. The van der Waals surface area contributed by atoms with Crippen LogP contribution in [-0.4, -0.2) is 31.9 Å². The first kappa shape index (κ1) is 28.4. The first-order chi connectivity index (χ1) is 18.4. The summed E-state index contributed by atoms with van der Waals surface area (Å²) in [6.07, 6.45) is 2.16. The average molecular weight is 611 g/mol. The van der Waals surface area contributed by atoms with Crippen molar-refractivity contribution in [1.29, 1.82) is 0 Å². The van der Waals surface area contributed by atoms with Crippen molar-refractivity contribution < 1.29 is 18.9 Å². The van der Waals surface area contributed by atoms with Crippen LogP contribution in [0.4, 0.5) is 0 Å². The van der Waals surface area contributed by atoms with Gasteiger partial charge in [-0.15, -0.1) is 11.3 Å². The highest BCUT2D eigenvalue weighted by atomic mass is 35.5. The van der Waals surface area contributed by atoms with E-state index in [1.807, 2.05) is 53.9 Å². The van der Waals surface area contributed by atoms with Crippen LogP contribution in [0.1, 0.15) is 6.42 Å². The number of thiazole rings is 1. The van der Waals surface area contributed by atoms with Gasteiger partial charge in [-0.3, -0.25) is 0 Å². The van der Waals surface area contributed by atoms with Crippen LogP contribution in [0.15, 0.2) is 76.6 Å². The predicted molar refractivity (Wildman–Crippen MR) is 157 cm³/mol. The van der Waals surface area contributed by atoms with Crippen LogP contribution >= 0.6 is 57.7 Å². The Balaban J connectivity index is 1.24. The first-order valence-electron chi connectivity index (χ1n) is 11.5. The summed E-state index contributed by atoms with van der Waals surface area (Å²) >= 11 is 25.4. The molecule has 0 aliphatic carbocycles. The molecule has 1 heterocycles. The van der Waals surface area contributed by atoms with E-state index in [9.17, 15) is 0 Å². The second kappa shape index (κ2) is 14.0. The van der Waals surface area contributed by atoms with Gasteiger partial charge in [-0.25, -0.2) is 4.98 Å². The molecular formula is C28H23Cl4NO4S. The third kappa shape index (κ3) is 7.95. The Morgan fingerprint density at radius 2 is 1.45 bits per heavy atom. The summed E-state index contributed by atoms with van der Waals surface area (Å²) in [5.41, 5.74) is 3.00. The smallest absolute Gasteiger partial charge is 0.156 e. The maximum atomic E-state index is 6.30. The van der Waals surface area contributed by atoms with Crippen molar-refractivity contribution in [1.82, 2.24) is 4.98 Å². The molecule has 0 N–H and O–H groups in total. The van der Waals surface area contributed by atoms with Gasteiger partial charge in [-0.05, 0) is 54.6 Å². The van der Waals surface area contributed by atoms with Gasteiger partial charge in [-0.2, -0.15) is 0 Å². The molecule has 0 spiro atoms. The van der Waals surface area contributed by atoms with E-state index < -0.39 is 0 Å². The highest BCUT2D eigenvalue weighted by molar-refractivity contribution is 7.13. The Morgan fingerprint density at radius 3 is 2.11 bits per heavy atom. The summed E-state index contributed by atoms with van der Waals surface area (Å²) in [5.74, 6) is 2.47. The Bertz CT molecular complexity index is 1350. The average Bonchev–Trinajstić information content (AvgIpc) is 3.40. The number of methoxy groups -OCH3 is 1. The minimum atomic E-state index is 0.124. The van der Waals surface area contributed by atoms with Gasteiger partial charge >= 0.3 is 0 Å². The van der Waals surface area contributed by atoms with E-state index in [0.29, 0.717) is 41.2 Å². The van der Waals surface area contributed by atoms with E-state index in [4.69, 9.17) is 70.3 Å². The first-order valence-corrected chi connectivity index (χ1v) is 13.9. The Hall–Kier alpha value is -2.61. The number of benzene rings is 3. The lowest BCUT2D eigenvalue weighted by Gasteiger charge is -2.12. The fraction of sp³-hybridized carbons (Fsp3) is 0.179. The highest BCUT2D eigenvalue weighted by Gasteiger charge is 2.11. The van der Waals surface area contributed by atoms with Gasteiger partial charge in [0.15, 0.2) is 5.75 Å². The number of aromatic nitrogens is 1. The van der Waals surface area contributed by atoms with Gasteiger partial charge in [0.2, 0.25) is 0 Å². The van der Waals surface area contributed by atoms with Gasteiger partial charge in [0.25, 0.3) is 0 Å². The topological polar surface area (TPSA) is 49.8 Å². The third-order valence-electron chi connectivity index (χ3n) is 5.25. The quantitative estimate of drug-likeness (QED) is 0.150. The van der Waals surface area contributed by atoms with Crippen molar-refractivity contribution in [2.75, 3.05) is 26.9 Å². The molecule has 38 heavy (non-hydrogen) atoms. The van der Waals surface area contributed by atoms with Crippen LogP contribution in [0.25, 0.3) is 21.8 Å². The summed E-state index contributed by atoms with van der Waals surface area (Å²) in [7, 11) is 1.65. The van der Waals surface area contributed by atoms with Crippen molar-refractivity contribution in [3.63, 3.8) is 0 Å². The summed E-state index contributed by atoms with van der Waals surface area (Å²) in [6, 6.07) is 19.0. The lowest BCUT2D eigenvalue weighted by Crippen LogP contribution is -2.05. The number of nitrogens with zero attached hydrogens (tertiary/aromatic N) is 1. The van der Waals surface area contributed by atoms with Gasteiger partial charge < -0.3 is 18.9 Å². The maximum Gasteiger partial charge on any atom is 0.156 e. The molecule has 0 radical (unpaired) electrons. The molecule has 0 aliphatic rings. The number of rotatable bonds is 12. The molecule has 0 fully saturated rings. The predicted octanol–water partition coefficient (Wildman–Crippen LogP) is 9.34. The number of hydrogen-bond acceptors (Lipinski definition) is 6. The van der Waals surface area contributed by atoms with Crippen LogP contribution in [-0.2, 0) is 0 Å².